The van der Waals surface area contributed by atoms with Crippen LogP contribution in [-0.2, 0) is 16.0 Å². The van der Waals surface area contributed by atoms with Crippen molar-refractivity contribution in [1.29, 1.82) is 0 Å². The molecule has 32 heavy (non-hydrogen) atoms. The van der Waals surface area contributed by atoms with Crippen molar-refractivity contribution >= 4 is 35.2 Å². The van der Waals surface area contributed by atoms with E-state index < -0.39 is 0 Å². The van der Waals surface area contributed by atoms with Crippen LogP contribution in [0.4, 0.5) is 11.6 Å². The summed E-state index contributed by atoms with van der Waals surface area (Å²) >= 11 is 0. The molecule has 8 nitrogen and oxygen atoms in total. The number of aryl methyl sites for hydroxylation is 1. The minimum absolute atomic E-state index is 0.0835. The number of hydrogen-bond donors (Lipinski definition) is 3. The van der Waals surface area contributed by atoms with Gasteiger partial charge in [-0.2, -0.15) is 9.61 Å². The van der Waals surface area contributed by atoms with Crippen molar-refractivity contribution in [1.82, 2.24) is 19.9 Å². The van der Waals surface area contributed by atoms with E-state index in [-0.39, 0.29) is 24.3 Å². The molecule has 0 radical (unpaired) electrons. The Morgan fingerprint density at radius 1 is 1.12 bits per heavy atom. The summed E-state index contributed by atoms with van der Waals surface area (Å²) in [7, 11) is 0. The van der Waals surface area contributed by atoms with Gasteiger partial charge in [-0.25, -0.2) is 4.98 Å². The number of rotatable bonds is 5. The Bertz CT molecular complexity index is 1270. The predicted octanol–water partition coefficient (Wildman–Crippen LogP) is 3.22. The lowest BCUT2D eigenvalue weighted by Gasteiger charge is -2.27. The minimum Gasteiger partial charge on any atom is -0.367 e. The highest BCUT2D eigenvalue weighted by Gasteiger charge is 2.26. The maximum absolute atomic E-state index is 12.0. The molecule has 1 unspecified atom stereocenters. The van der Waals surface area contributed by atoms with Gasteiger partial charge in [0.25, 0.3) is 5.91 Å². The molecule has 8 heteroatoms. The molecule has 2 aliphatic carbocycles. The van der Waals surface area contributed by atoms with Crippen LogP contribution in [0.3, 0.4) is 0 Å². The molecule has 3 aliphatic rings. The summed E-state index contributed by atoms with van der Waals surface area (Å²) in [6, 6.07) is 11.2. The fourth-order valence-corrected chi connectivity index (χ4v) is 4.59. The number of carbonyl (C=O) groups is 2. The van der Waals surface area contributed by atoms with E-state index >= 15 is 0 Å². The Labute approximate surface area is 185 Å². The molecule has 2 amide bonds. The average molecular weight is 428 g/mol. The van der Waals surface area contributed by atoms with Crippen LogP contribution in [0.1, 0.15) is 54.8 Å². The third-order valence-corrected chi connectivity index (χ3v) is 6.35. The molecule has 0 bridgehead atoms. The summed E-state index contributed by atoms with van der Waals surface area (Å²) in [5.41, 5.74) is 4.52. The SMILES string of the molecule is O=C1CC(=Cc2cnn3c(NC4CC4)cc(NC4CCCc5ccccc54)nc23)C(=O)N1. The molecule has 2 aromatic heterocycles. The Hall–Kier alpha value is -3.68. The van der Waals surface area contributed by atoms with Crippen molar-refractivity contribution in [3.8, 4) is 0 Å². The zero-order chi connectivity index (χ0) is 21.7. The molecule has 1 aromatic carbocycles. The number of carbonyl (C=O) groups excluding carboxylic acids is 2. The van der Waals surface area contributed by atoms with Gasteiger partial charge in [0.1, 0.15) is 11.6 Å². The lowest BCUT2D eigenvalue weighted by molar-refractivity contribution is -0.124. The van der Waals surface area contributed by atoms with Gasteiger partial charge in [0.2, 0.25) is 5.91 Å². The molecule has 1 saturated heterocycles. The van der Waals surface area contributed by atoms with E-state index in [0.717, 1.165) is 49.3 Å². The highest BCUT2D eigenvalue weighted by molar-refractivity contribution is 6.15. The van der Waals surface area contributed by atoms with Gasteiger partial charge in [0, 0.05) is 23.2 Å². The van der Waals surface area contributed by atoms with Gasteiger partial charge in [0.15, 0.2) is 5.65 Å². The summed E-state index contributed by atoms with van der Waals surface area (Å²) in [4.78, 5) is 28.5. The largest absolute Gasteiger partial charge is 0.367 e. The fourth-order valence-electron chi connectivity index (χ4n) is 4.59. The summed E-state index contributed by atoms with van der Waals surface area (Å²) in [6.07, 6.45) is 9.08. The van der Waals surface area contributed by atoms with Crippen LogP contribution < -0.4 is 16.0 Å². The fraction of sp³-hybridized carbons (Fsp3) is 0.333. The first-order valence-electron chi connectivity index (χ1n) is 11.2. The van der Waals surface area contributed by atoms with Crippen molar-refractivity contribution < 1.29 is 9.59 Å². The van der Waals surface area contributed by atoms with Gasteiger partial charge < -0.3 is 10.6 Å². The third kappa shape index (κ3) is 3.51. The number of amides is 2. The maximum atomic E-state index is 12.0. The molecule has 3 N–H and O–H groups in total. The molecule has 1 aliphatic heterocycles. The molecule has 3 aromatic rings. The molecule has 3 heterocycles. The second-order valence-electron chi connectivity index (χ2n) is 8.79. The second kappa shape index (κ2) is 7.47. The molecule has 162 valence electrons. The van der Waals surface area contributed by atoms with Gasteiger partial charge in [-0.05, 0) is 49.3 Å². The van der Waals surface area contributed by atoms with Crippen LogP contribution in [0.5, 0.6) is 0 Å². The Kier molecular flexibility index (Phi) is 4.45. The number of nitrogens with zero attached hydrogens (tertiary/aromatic N) is 3. The zero-order valence-electron chi connectivity index (χ0n) is 17.6. The van der Waals surface area contributed by atoms with Crippen LogP contribution in [0.25, 0.3) is 11.7 Å². The van der Waals surface area contributed by atoms with Crippen LogP contribution in [0, 0.1) is 0 Å². The lowest BCUT2D eigenvalue weighted by Crippen LogP contribution is -2.19. The van der Waals surface area contributed by atoms with Gasteiger partial charge in [0.05, 0.1) is 18.7 Å². The van der Waals surface area contributed by atoms with E-state index in [9.17, 15) is 9.59 Å². The highest BCUT2D eigenvalue weighted by atomic mass is 16.2. The van der Waals surface area contributed by atoms with Crippen LogP contribution in [-0.4, -0.2) is 32.5 Å². The topological polar surface area (TPSA) is 100 Å². The van der Waals surface area contributed by atoms with Crippen LogP contribution in [0.2, 0.25) is 0 Å². The first-order valence-corrected chi connectivity index (χ1v) is 11.2. The second-order valence-corrected chi connectivity index (χ2v) is 8.79. The number of anilines is 2. The molecule has 2 fully saturated rings. The van der Waals surface area contributed by atoms with Gasteiger partial charge in [-0.15, -0.1) is 0 Å². The normalized spacial score (nSPS) is 21.6. The van der Waals surface area contributed by atoms with Crippen molar-refractivity contribution in [3.05, 3.63) is 58.8 Å². The number of imide groups is 1. The standard InChI is InChI=1S/C24H24N6O2/c31-22-11-15(24(32)29-22)10-16-13-25-30-21(26-17-8-9-17)12-20(28-23(16)30)27-19-7-3-5-14-4-1-2-6-18(14)19/h1-2,4,6,10,12-13,17,19,26H,3,5,7-9,11H2,(H,27,28)(H,29,31,32). The Morgan fingerprint density at radius 2 is 2.00 bits per heavy atom. The minimum atomic E-state index is -0.348. The van der Waals surface area contributed by atoms with Crippen molar-refractivity contribution in [3.63, 3.8) is 0 Å². The van der Waals surface area contributed by atoms with Gasteiger partial charge in [-0.3, -0.25) is 14.9 Å². The summed E-state index contributed by atoms with van der Waals surface area (Å²) in [6.45, 7) is 0. The number of fused-ring (bicyclic) bond motifs is 2. The van der Waals surface area contributed by atoms with Gasteiger partial charge in [-0.1, -0.05) is 24.3 Å². The van der Waals surface area contributed by atoms with E-state index in [1.807, 2.05) is 6.07 Å². The number of nitrogens with one attached hydrogen (secondary N) is 3. The quantitative estimate of drug-likeness (QED) is 0.426. The van der Waals surface area contributed by atoms with E-state index in [2.05, 4.69) is 45.3 Å². The third-order valence-electron chi connectivity index (χ3n) is 6.35. The summed E-state index contributed by atoms with van der Waals surface area (Å²) < 4.78 is 1.78. The molecule has 1 atom stereocenters. The Morgan fingerprint density at radius 3 is 2.81 bits per heavy atom. The number of benzene rings is 1. The number of hydrogen-bond acceptors (Lipinski definition) is 6. The average Bonchev–Trinajstić information content (AvgIpc) is 3.42. The Balaban J connectivity index is 1.40. The van der Waals surface area contributed by atoms with E-state index in [1.54, 1.807) is 16.8 Å². The predicted molar refractivity (Wildman–Crippen MR) is 121 cm³/mol. The monoisotopic (exact) mass is 428 g/mol. The molecule has 6 rings (SSSR count). The number of aromatic nitrogens is 3. The molecular formula is C24H24N6O2. The lowest BCUT2D eigenvalue weighted by atomic mass is 9.88. The summed E-state index contributed by atoms with van der Waals surface area (Å²) in [5.74, 6) is 1.02. The molecule has 0 spiro atoms. The van der Waals surface area contributed by atoms with Crippen LogP contribution >= 0.6 is 0 Å². The van der Waals surface area contributed by atoms with E-state index in [0.29, 0.717) is 17.3 Å². The molecular weight excluding hydrogens is 404 g/mol. The van der Waals surface area contributed by atoms with Crippen LogP contribution in [0.15, 0.2) is 42.1 Å². The van der Waals surface area contributed by atoms with Crippen molar-refractivity contribution in [2.45, 2.75) is 50.6 Å². The highest BCUT2D eigenvalue weighted by Crippen LogP contribution is 2.34. The van der Waals surface area contributed by atoms with Gasteiger partial charge >= 0.3 is 0 Å². The summed E-state index contributed by atoms with van der Waals surface area (Å²) in [5, 5.41) is 14.0. The van der Waals surface area contributed by atoms with Crippen molar-refractivity contribution in [2.75, 3.05) is 10.6 Å². The first-order chi connectivity index (χ1) is 15.6. The van der Waals surface area contributed by atoms with E-state index in [1.165, 1.54) is 11.1 Å². The molecule has 1 saturated carbocycles. The van der Waals surface area contributed by atoms with Crippen molar-refractivity contribution in [2.24, 2.45) is 0 Å². The maximum Gasteiger partial charge on any atom is 0.254 e. The zero-order valence-corrected chi connectivity index (χ0v) is 17.6. The smallest absolute Gasteiger partial charge is 0.254 e. The van der Waals surface area contributed by atoms with E-state index in [4.69, 9.17) is 4.98 Å². The first kappa shape index (κ1) is 19.0.